The Labute approximate surface area is 101 Å². The third-order valence-electron chi connectivity index (χ3n) is 6.02. The Morgan fingerprint density at radius 3 is 2.81 bits per heavy atom. The average Bonchev–Trinajstić information content (AvgIpc) is 2.91. The van der Waals surface area contributed by atoms with Gasteiger partial charge in [-0.05, 0) is 0 Å². The zero-order valence-electron chi connectivity index (χ0n) is 10.3. The summed E-state index contributed by atoms with van der Waals surface area (Å²) in [5.74, 6) is 0.924. The van der Waals surface area contributed by atoms with Crippen LogP contribution in [0.2, 0.25) is 10.6 Å². The van der Waals surface area contributed by atoms with Crippen LogP contribution >= 0.6 is 0 Å². The Bertz CT molecular complexity index is 335. The van der Waals surface area contributed by atoms with Gasteiger partial charge in [-0.3, -0.25) is 0 Å². The van der Waals surface area contributed by atoms with Crippen LogP contribution in [0.3, 0.4) is 0 Å². The van der Waals surface area contributed by atoms with Gasteiger partial charge in [-0.25, -0.2) is 0 Å². The molecule has 4 fully saturated rings. The van der Waals surface area contributed by atoms with E-state index in [9.17, 15) is 0 Å². The molecule has 0 aromatic carbocycles. The standard InChI is InChI=1S/C13H22O2Se/c1-12(2)10-4-5-13(12)9-16(7-3-6-14-16)15-11(13)8-10/h10-11H,3-9H2,1-2H3. The van der Waals surface area contributed by atoms with Crippen LogP contribution in [0, 0.1) is 16.7 Å². The van der Waals surface area contributed by atoms with Gasteiger partial charge in [0.1, 0.15) is 0 Å². The monoisotopic (exact) mass is 290 g/mol. The van der Waals surface area contributed by atoms with Crippen molar-refractivity contribution in [2.24, 2.45) is 16.7 Å². The molecule has 4 rings (SSSR count). The molecule has 0 aromatic rings. The van der Waals surface area contributed by atoms with E-state index in [1.807, 2.05) is 0 Å². The normalized spacial score (nSPS) is 61.4. The zero-order chi connectivity index (χ0) is 11.0. The second-order valence-corrected chi connectivity index (χ2v) is 12.2. The predicted molar refractivity (Wildman–Crippen MR) is 64.4 cm³/mol. The summed E-state index contributed by atoms with van der Waals surface area (Å²) in [7, 11) is 0. The number of fused-ring (bicyclic) bond motifs is 1. The fourth-order valence-corrected chi connectivity index (χ4v) is 12.7. The molecule has 3 heteroatoms. The molecule has 0 N–H and O–H groups in total. The third-order valence-corrected chi connectivity index (χ3v) is 12.4. The first-order valence-corrected chi connectivity index (χ1v) is 10.5. The predicted octanol–water partition coefficient (Wildman–Crippen LogP) is 3.07. The van der Waals surface area contributed by atoms with Crippen molar-refractivity contribution in [2.45, 2.75) is 56.3 Å². The van der Waals surface area contributed by atoms with Gasteiger partial charge in [-0.1, -0.05) is 0 Å². The molecule has 0 aromatic heterocycles. The van der Waals surface area contributed by atoms with Crippen LogP contribution in [0.4, 0.5) is 0 Å². The van der Waals surface area contributed by atoms with Gasteiger partial charge in [0.2, 0.25) is 0 Å². The summed E-state index contributed by atoms with van der Waals surface area (Å²) in [5, 5.41) is 2.62. The van der Waals surface area contributed by atoms with Crippen LogP contribution in [-0.2, 0) is 7.64 Å². The molecule has 2 nitrogen and oxygen atoms in total. The maximum absolute atomic E-state index is 6.53. The first-order chi connectivity index (χ1) is 7.58. The fourth-order valence-electron chi connectivity index (χ4n) is 4.85. The molecule has 4 atom stereocenters. The van der Waals surface area contributed by atoms with E-state index in [1.54, 1.807) is 0 Å². The molecular weight excluding hydrogens is 267 g/mol. The third kappa shape index (κ3) is 0.986. The van der Waals surface area contributed by atoms with Crippen LogP contribution in [0.15, 0.2) is 0 Å². The Morgan fingerprint density at radius 1 is 1.31 bits per heavy atom. The molecule has 2 saturated carbocycles. The molecule has 2 spiro atoms. The summed E-state index contributed by atoms with van der Waals surface area (Å²) in [4.78, 5) is 0. The van der Waals surface area contributed by atoms with E-state index in [0.717, 1.165) is 12.5 Å². The summed E-state index contributed by atoms with van der Waals surface area (Å²) < 4.78 is 12.6. The van der Waals surface area contributed by atoms with Crippen molar-refractivity contribution in [3.8, 4) is 0 Å². The molecule has 2 aliphatic heterocycles. The average molecular weight is 289 g/mol. The molecule has 2 saturated heterocycles. The molecular formula is C13H22O2Se. The van der Waals surface area contributed by atoms with E-state index in [1.165, 1.54) is 36.3 Å². The van der Waals surface area contributed by atoms with Gasteiger partial charge in [-0.2, -0.15) is 0 Å². The van der Waals surface area contributed by atoms with Crippen molar-refractivity contribution in [3.05, 3.63) is 0 Å². The van der Waals surface area contributed by atoms with Crippen LogP contribution in [0.25, 0.3) is 0 Å². The van der Waals surface area contributed by atoms with Crippen molar-refractivity contribution in [2.75, 3.05) is 6.61 Å². The van der Waals surface area contributed by atoms with Gasteiger partial charge in [-0.15, -0.1) is 0 Å². The fraction of sp³-hybridized carbons (Fsp3) is 1.00. The Hall–Kier alpha value is 0.439. The van der Waals surface area contributed by atoms with Gasteiger partial charge in [0, 0.05) is 0 Å². The van der Waals surface area contributed by atoms with Gasteiger partial charge in [0.15, 0.2) is 0 Å². The van der Waals surface area contributed by atoms with E-state index < -0.39 is 13.5 Å². The summed E-state index contributed by atoms with van der Waals surface area (Å²) in [6, 6.07) is 0. The van der Waals surface area contributed by atoms with Gasteiger partial charge in [0.05, 0.1) is 0 Å². The minimum absolute atomic E-state index is 0.516. The number of hydrogen-bond acceptors (Lipinski definition) is 2. The molecule has 2 bridgehead atoms. The van der Waals surface area contributed by atoms with Crippen molar-refractivity contribution < 1.29 is 7.64 Å². The van der Waals surface area contributed by atoms with E-state index in [2.05, 4.69) is 13.8 Å². The van der Waals surface area contributed by atoms with E-state index in [0.29, 0.717) is 16.9 Å². The van der Waals surface area contributed by atoms with Crippen molar-refractivity contribution in [1.29, 1.82) is 0 Å². The van der Waals surface area contributed by atoms with Gasteiger partial charge >= 0.3 is 101 Å². The molecule has 4 unspecified atom stereocenters. The molecule has 2 aliphatic carbocycles. The molecule has 2 heterocycles. The minimum atomic E-state index is -1.91. The molecule has 0 radical (unpaired) electrons. The second-order valence-electron chi connectivity index (χ2n) is 6.70. The quantitative estimate of drug-likeness (QED) is 0.638. The summed E-state index contributed by atoms with van der Waals surface area (Å²) in [6.45, 7) is 5.98. The van der Waals surface area contributed by atoms with Crippen molar-refractivity contribution in [3.63, 3.8) is 0 Å². The SMILES string of the molecule is CC1(C)C2CCC13C[Se]1(CCCO1)OC3C2. The van der Waals surface area contributed by atoms with Crippen LogP contribution < -0.4 is 0 Å². The van der Waals surface area contributed by atoms with E-state index in [-0.39, 0.29) is 0 Å². The molecule has 0 amide bonds. The van der Waals surface area contributed by atoms with E-state index in [4.69, 9.17) is 7.64 Å². The molecule has 16 heavy (non-hydrogen) atoms. The number of rotatable bonds is 0. The second kappa shape index (κ2) is 2.88. The van der Waals surface area contributed by atoms with Crippen LogP contribution in [-0.4, -0.2) is 26.2 Å². The zero-order valence-corrected chi connectivity index (χ0v) is 12.0. The molecule has 4 aliphatic rings. The number of hydrogen-bond donors (Lipinski definition) is 0. The van der Waals surface area contributed by atoms with Gasteiger partial charge < -0.3 is 0 Å². The van der Waals surface area contributed by atoms with Crippen LogP contribution in [0.1, 0.15) is 39.5 Å². The summed E-state index contributed by atoms with van der Waals surface area (Å²) >= 11 is -1.91. The Morgan fingerprint density at radius 2 is 2.19 bits per heavy atom. The molecule has 92 valence electrons. The first-order valence-electron chi connectivity index (χ1n) is 6.69. The van der Waals surface area contributed by atoms with E-state index >= 15 is 0 Å². The van der Waals surface area contributed by atoms with Gasteiger partial charge in [0.25, 0.3) is 0 Å². The summed E-state index contributed by atoms with van der Waals surface area (Å²) in [6.07, 6.45) is 6.01. The Kier molecular flexibility index (Phi) is 1.87. The van der Waals surface area contributed by atoms with Crippen molar-refractivity contribution >= 4 is 13.5 Å². The Balaban J connectivity index is 1.74. The van der Waals surface area contributed by atoms with Crippen LogP contribution in [0.5, 0.6) is 0 Å². The van der Waals surface area contributed by atoms with Crippen molar-refractivity contribution in [1.82, 2.24) is 0 Å². The summed E-state index contributed by atoms with van der Waals surface area (Å²) in [5.41, 5.74) is 1.03. The topological polar surface area (TPSA) is 18.5 Å². The first kappa shape index (κ1) is 10.4. The maximum atomic E-state index is 6.53.